The molecule has 0 amide bonds. The van der Waals surface area contributed by atoms with Gasteiger partial charge in [0.2, 0.25) is 0 Å². The normalized spacial score (nSPS) is 19.8. The van der Waals surface area contributed by atoms with E-state index in [0.717, 1.165) is 19.5 Å². The van der Waals surface area contributed by atoms with Gasteiger partial charge in [-0.2, -0.15) is 0 Å². The molecule has 2 nitrogen and oxygen atoms in total. The number of likely N-dealkylation sites (N-methyl/N-ethyl adjacent to an activating group) is 1. The molecule has 0 saturated heterocycles. The molecule has 1 aromatic rings. The fourth-order valence-electron chi connectivity index (χ4n) is 3.82. The maximum Gasteiger partial charge on any atom is 0.0363 e. The van der Waals surface area contributed by atoms with Crippen molar-refractivity contribution in [2.45, 2.75) is 57.5 Å². The van der Waals surface area contributed by atoms with Gasteiger partial charge in [-0.05, 0) is 37.9 Å². The van der Waals surface area contributed by atoms with Crippen LogP contribution in [0.4, 0.5) is 0 Å². The predicted molar refractivity (Wildman–Crippen MR) is 82.2 cm³/mol. The number of benzene rings is 1. The average Bonchev–Trinajstić information content (AvgIpc) is 2.92. The zero-order chi connectivity index (χ0) is 13.7. The van der Waals surface area contributed by atoms with Gasteiger partial charge in [0.15, 0.2) is 0 Å². The Labute approximate surface area is 118 Å². The third kappa shape index (κ3) is 3.01. The molecule has 0 spiro atoms. The summed E-state index contributed by atoms with van der Waals surface area (Å²) in [5, 5.41) is 0. The van der Waals surface area contributed by atoms with Crippen molar-refractivity contribution in [1.82, 2.24) is 4.90 Å². The first kappa shape index (κ1) is 14.5. The third-order valence-electron chi connectivity index (χ3n) is 4.85. The first-order chi connectivity index (χ1) is 9.23. The topological polar surface area (TPSA) is 29.3 Å². The molecule has 1 atom stereocenters. The van der Waals surface area contributed by atoms with Crippen molar-refractivity contribution in [1.29, 1.82) is 0 Å². The van der Waals surface area contributed by atoms with E-state index >= 15 is 0 Å². The lowest BCUT2D eigenvalue weighted by atomic mass is 9.83. The van der Waals surface area contributed by atoms with E-state index in [4.69, 9.17) is 5.73 Å². The van der Waals surface area contributed by atoms with Crippen LogP contribution in [0.15, 0.2) is 30.3 Å². The second kappa shape index (κ2) is 6.53. The van der Waals surface area contributed by atoms with Gasteiger partial charge >= 0.3 is 0 Å². The minimum absolute atomic E-state index is 0.235. The van der Waals surface area contributed by atoms with Gasteiger partial charge in [0.1, 0.15) is 0 Å². The van der Waals surface area contributed by atoms with E-state index in [0.29, 0.717) is 0 Å². The lowest BCUT2D eigenvalue weighted by Crippen LogP contribution is -2.59. The first-order valence-electron chi connectivity index (χ1n) is 7.77. The summed E-state index contributed by atoms with van der Waals surface area (Å²) in [6, 6.07) is 10.9. The monoisotopic (exact) mass is 260 g/mol. The van der Waals surface area contributed by atoms with Gasteiger partial charge in [-0.25, -0.2) is 0 Å². The van der Waals surface area contributed by atoms with Crippen LogP contribution in [0.2, 0.25) is 0 Å². The highest BCUT2D eigenvalue weighted by Crippen LogP contribution is 2.38. The van der Waals surface area contributed by atoms with Crippen LogP contribution >= 0.6 is 0 Å². The maximum absolute atomic E-state index is 6.66. The van der Waals surface area contributed by atoms with Gasteiger partial charge in [-0.15, -0.1) is 0 Å². The largest absolute Gasteiger partial charge is 0.326 e. The minimum atomic E-state index is 0.235. The molecule has 19 heavy (non-hydrogen) atoms. The molecular weight excluding hydrogens is 232 g/mol. The third-order valence-corrected chi connectivity index (χ3v) is 4.85. The first-order valence-corrected chi connectivity index (χ1v) is 7.77. The van der Waals surface area contributed by atoms with Gasteiger partial charge in [0.05, 0.1) is 0 Å². The Hall–Kier alpha value is -0.860. The molecule has 106 valence electrons. The Morgan fingerprint density at radius 2 is 1.68 bits per heavy atom. The summed E-state index contributed by atoms with van der Waals surface area (Å²) >= 11 is 0. The predicted octanol–water partition coefficient (Wildman–Crippen LogP) is 3.21. The van der Waals surface area contributed by atoms with Crippen LogP contribution in [-0.4, -0.2) is 29.6 Å². The Bertz CT molecular complexity index is 364. The molecule has 0 aliphatic heterocycles. The molecular formula is C17H28N2. The van der Waals surface area contributed by atoms with Crippen LogP contribution in [0.25, 0.3) is 0 Å². The van der Waals surface area contributed by atoms with E-state index in [1.807, 2.05) is 0 Å². The van der Waals surface area contributed by atoms with Gasteiger partial charge in [-0.3, -0.25) is 4.90 Å². The Balaban J connectivity index is 2.14. The molecule has 0 heterocycles. The van der Waals surface area contributed by atoms with Crippen molar-refractivity contribution in [2.75, 3.05) is 13.1 Å². The highest BCUT2D eigenvalue weighted by atomic mass is 15.2. The van der Waals surface area contributed by atoms with E-state index < -0.39 is 0 Å². The summed E-state index contributed by atoms with van der Waals surface area (Å²) in [7, 11) is 0. The molecule has 0 aromatic heterocycles. The lowest BCUT2D eigenvalue weighted by Gasteiger charge is -2.45. The molecule has 1 aliphatic rings. The van der Waals surface area contributed by atoms with Crippen LogP contribution in [-0.2, 0) is 6.42 Å². The number of nitrogens with two attached hydrogens (primary N) is 1. The fourth-order valence-corrected chi connectivity index (χ4v) is 3.82. The van der Waals surface area contributed by atoms with Gasteiger partial charge < -0.3 is 5.73 Å². The Morgan fingerprint density at radius 3 is 2.21 bits per heavy atom. The molecule has 1 unspecified atom stereocenters. The van der Waals surface area contributed by atoms with Crippen molar-refractivity contribution in [3.63, 3.8) is 0 Å². The van der Waals surface area contributed by atoms with Crippen LogP contribution in [0.1, 0.15) is 45.1 Å². The SMILES string of the molecule is CCN(CC)C1(C(N)Cc2ccccc2)CCCC1. The summed E-state index contributed by atoms with van der Waals surface area (Å²) in [6.45, 7) is 6.75. The molecule has 2 heteroatoms. The molecule has 0 radical (unpaired) electrons. The van der Waals surface area contributed by atoms with E-state index in [1.165, 1.54) is 31.2 Å². The zero-order valence-electron chi connectivity index (χ0n) is 12.4. The van der Waals surface area contributed by atoms with Crippen molar-refractivity contribution >= 4 is 0 Å². The number of hydrogen-bond acceptors (Lipinski definition) is 2. The minimum Gasteiger partial charge on any atom is -0.326 e. The summed E-state index contributed by atoms with van der Waals surface area (Å²) < 4.78 is 0. The zero-order valence-corrected chi connectivity index (χ0v) is 12.4. The molecule has 0 bridgehead atoms. The standard InChI is InChI=1S/C17H28N2/c1-3-19(4-2)17(12-8-9-13-17)16(18)14-15-10-6-5-7-11-15/h5-7,10-11,16H,3-4,8-9,12-14,18H2,1-2H3. The number of hydrogen-bond donors (Lipinski definition) is 1. The Morgan fingerprint density at radius 1 is 1.11 bits per heavy atom. The highest BCUT2D eigenvalue weighted by molar-refractivity contribution is 5.18. The summed E-state index contributed by atoms with van der Waals surface area (Å²) in [6.07, 6.45) is 6.20. The van der Waals surface area contributed by atoms with E-state index in [2.05, 4.69) is 49.1 Å². The van der Waals surface area contributed by atoms with Crippen LogP contribution in [0.3, 0.4) is 0 Å². The quantitative estimate of drug-likeness (QED) is 0.851. The van der Waals surface area contributed by atoms with Crippen molar-refractivity contribution < 1.29 is 0 Å². The highest BCUT2D eigenvalue weighted by Gasteiger charge is 2.42. The second-order valence-electron chi connectivity index (χ2n) is 5.78. The average molecular weight is 260 g/mol. The number of rotatable bonds is 6. The second-order valence-corrected chi connectivity index (χ2v) is 5.78. The lowest BCUT2D eigenvalue weighted by molar-refractivity contribution is 0.0772. The fraction of sp³-hybridized carbons (Fsp3) is 0.647. The Kier molecular flexibility index (Phi) is 5.00. The van der Waals surface area contributed by atoms with Crippen LogP contribution in [0.5, 0.6) is 0 Å². The summed E-state index contributed by atoms with van der Waals surface area (Å²) in [5.41, 5.74) is 8.26. The van der Waals surface area contributed by atoms with Crippen molar-refractivity contribution in [2.24, 2.45) is 5.73 Å². The molecule has 1 fully saturated rings. The summed E-state index contributed by atoms with van der Waals surface area (Å²) in [4.78, 5) is 2.60. The van der Waals surface area contributed by atoms with Gasteiger partial charge in [0.25, 0.3) is 0 Å². The molecule has 1 saturated carbocycles. The van der Waals surface area contributed by atoms with Crippen molar-refractivity contribution in [3.05, 3.63) is 35.9 Å². The molecule has 1 aliphatic carbocycles. The molecule has 1 aromatic carbocycles. The van der Waals surface area contributed by atoms with E-state index in [-0.39, 0.29) is 11.6 Å². The van der Waals surface area contributed by atoms with Crippen molar-refractivity contribution in [3.8, 4) is 0 Å². The van der Waals surface area contributed by atoms with Gasteiger partial charge in [0, 0.05) is 11.6 Å². The summed E-state index contributed by atoms with van der Waals surface area (Å²) in [5.74, 6) is 0. The maximum atomic E-state index is 6.66. The van der Waals surface area contributed by atoms with Crippen LogP contribution in [0, 0.1) is 0 Å². The van der Waals surface area contributed by atoms with E-state index in [9.17, 15) is 0 Å². The van der Waals surface area contributed by atoms with E-state index in [1.54, 1.807) is 0 Å². The number of nitrogens with zero attached hydrogens (tertiary/aromatic N) is 1. The van der Waals surface area contributed by atoms with Gasteiger partial charge in [-0.1, -0.05) is 57.0 Å². The smallest absolute Gasteiger partial charge is 0.0363 e. The van der Waals surface area contributed by atoms with Crippen LogP contribution < -0.4 is 5.73 Å². The molecule has 2 rings (SSSR count). The molecule has 2 N–H and O–H groups in total.